The van der Waals surface area contributed by atoms with E-state index in [1.54, 1.807) is 50.6 Å². The molecule has 2 aromatic rings. The topological polar surface area (TPSA) is 55.8 Å². The summed E-state index contributed by atoms with van der Waals surface area (Å²) in [6.07, 6.45) is 0.178. The van der Waals surface area contributed by atoms with Crippen LogP contribution in [0.2, 0.25) is 0 Å². The van der Waals surface area contributed by atoms with Crippen LogP contribution in [0.4, 0.5) is 5.69 Å². The molecule has 23 heavy (non-hydrogen) atoms. The summed E-state index contributed by atoms with van der Waals surface area (Å²) in [4.78, 5) is 26.2. The van der Waals surface area contributed by atoms with Crippen molar-refractivity contribution in [2.45, 2.75) is 12.3 Å². The van der Waals surface area contributed by atoms with Crippen LogP contribution in [0.25, 0.3) is 0 Å². The van der Waals surface area contributed by atoms with Crippen molar-refractivity contribution < 1.29 is 19.1 Å². The highest BCUT2D eigenvalue weighted by molar-refractivity contribution is 6.22. The van der Waals surface area contributed by atoms with Crippen molar-refractivity contribution in [2.24, 2.45) is 0 Å². The number of carbonyl (C=O) groups is 2. The number of amides is 2. The second kappa shape index (κ2) is 6.12. The molecule has 0 N–H and O–H groups in total. The summed E-state index contributed by atoms with van der Waals surface area (Å²) in [6.45, 7) is 0. The first-order chi connectivity index (χ1) is 11.1. The lowest BCUT2D eigenvalue weighted by Crippen LogP contribution is -2.29. The Balaban J connectivity index is 1.86. The van der Waals surface area contributed by atoms with Crippen LogP contribution in [0.5, 0.6) is 11.5 Å². The summed E-state index contributed by atoms with van der Waals surface area (Å²) in [5.74, 6) is 0.555. The molecule has 0 aromatic heterocycles. The van der Waals surface area contributed by atoms with Crippen LogP contribution in [0, 0.1) is 0 Å². The largest absolute Gasteiger partial charge is 0.497 e. The van der Waals surface area contributed by atoms with E-state index in [1.165, 1.54) is 4.90 Å². The van der Waals surface area contributed by atoms with Crippen molar-refractivity contribution >= 4 is 17.5 Å². The van der Waals surface area contributed by atoms with Gasteiger partial charge in [0.2, 0.25) is 11.8 Å². The maximum absolute atomic E-state index is 12.7. The van der Waals surface area contributed by atoms with Gasteiger partial charge in [-0.05, 0) is 42.0 Å². The molecular formula is C18H17NO4. The fourth-order valence-corrected chi connectivity index (χ4v) is 2.73. The fourth-order valence-electron chi connectivity index (χ4n) is 2.73. The third kappa shape index (κ3) is 2.77. The Labute approximate surface area is 134 Å². The summed E-state index contributed by atoms with van der Waals surface area (Å²) in [5.41, 5.74) is 1.39. The predicted octanol–water partition coefficient (Wildman–Crippen LogP) is 2.75. The molecule has 5 nitrogen and oxygen atoms in total. The molecule has 0 spiro atoms. The number of ether oxygens (including phenoxy) is 2. The van der Waals surface area contributed by atoms with Crippen LogP contribution in [-0.2, 0) is 9.59 Å². The fraction of sp³-hybridized carbons (Fsp3) is 0.222. The monoisotopic (exact) mass is 311 g/mol. The summed E-state index contributed by atoms with van der Waals surface area (Å²) >= 11 is 0. The molecule has 5 heteroatoms. The second-order valence-corrected chi connectivity index (χ2v) is 5.30. The normalized spacial score (nSPS) is 17.5. The lowest BCUT2D eigenvalue weighted by molar-refractivity contribution is -0.121. The van der Waals surface area contributed by atoms with Crippen molar-refractivity contribution in [3.05, 3.63) is 54.1 Å². The van der Waals surface area contributed by atoms with Crippen molar-refractivity contribution in [1.82, 2.24) is 0 Å². The van der Waals surface area contributed by atoms with Gasteiger partial charge in [0.1, 0.15) is 11.5 Å². The third-order valence-corrected chi connectivity index (χ3v) is 4.00. The molecule has 1 aliphatic heterocycles. The molecule has 0 saturated carbocycles. The zero-order valence-corrected chi connectivity index (χ0v) is 13.0. The predicted molar refractivity (Wildman–Crippen MR) is 85.8 cm³/mol. The van der Waals surface area contributed by atoms with E-state index in [2.05, 4.69) is 0 Å². The Morgan fingerprint density at radius 2 is 1.39 bits per heavy atom. The van der Waals surface area contributed by atoms with E-state index >= 15 is 0 Å². The highest BCUT2D eigenvalue weighted by Gasteiger charge is 2.40. The molecule has 0 bridgehead atoms. The number of anilines is 1. The Kier molecular flexibility index (Phi) is 4.02. The Morgan fingerprint density at radius 3 is 1.91 bits per heavy atom. The molecule has 1 heterocycles. The van der Waals surface area contributed by atoms with Crippen molar-refractivity contribution in [1.29, 1.82) is 0 Å². The average molecular weight is 311 g/mol. The van der Waals surface area contributed by atoms with Gasteiger partial charge in [0.05, 0.1) is 25.8 Å². The van der Waals surface area contributed by atoms with Crippen LogP contribution in [0.3, 0.4) is 0 Å². The number of benzene rings is 2. The minimum atomic E-state index is -0.449. The molecule has 118 valence electrons. The highest BCUT2D eigenvalue weighted by atomic mass is 16.5. The molecule has 1 atom stereocenters. The molecule has 1 aliphatic rings. The molecule has 3 rings (SSSR count). The molecular weight excluding hydrogens is 294 g/mol. The zero-order chi connectivity index (χ0) is 16.4. The Morgan fingerprint density at radius 1 is 0.870 bits per heavy atom. The second-order valence-electron chi connectivity index (χ2n) is 5.30. The summed E-state index contributed by atoms with van der Waals surface area (Å²) in [7, 11) is 3.16. The van der Waals surface area contributed by atoms with Crippen molar-refractivity contribution in [3.8, 4) is 11.5 Å². The average Bonchev–Trinajstić information content (AvgIpc) is 2.89. The SMILES string of the molecule is COc1ccc([C@@H]2CC(=O)N(c3ccc(OC)cc3)C2=O)cc1. The summed E-state index contributed by atoms with van der Waals surface area (Å²) in [5, 5.41) is 0. The number of hydrogen-bond acceptors (Lipinski definition) is 4. The summed E-state index contributed by atoms with van der Waals surface area (Å²) in [6, 6.07) is 14.1. The molecule has 0 aliphatic carbocycles. The summed E-state index contributed by atoms with van der Waals surface area (Å²) < 4.78 is 10.2. The quantitative estimate of drug-likeness (QED) is 0.815. The highest BCUT2D eigenvalue weighted by Crippen LogP contribution is 2.34. The first-order valence-corrected chi connectivity index (χ1v) is 7.29. The van der Waals surface area contributed by atoms with E-state index in [0.717, 1.165) is 11.3 Å². The molecule has 1 fully saturated rings. The van der Waals surface area contributed by atoms with E-state index in [1.807, 2.05) is 12.1 Å². The van der Waals surface area contributed by atoms with E-state index < -0.39 is 5.92 Å². The standard InChI is InChI=1S/C18H17NO4/c1-22-14-7-3-12(4-8-14)16-11-17(20)19(18(16)21)13-5-9-15(23-2)10-6-13/h3-10,16H,11H2,1-2H3/t16-/m0/s1. The minimum absolute atomic E-state index is 0.178. The molecule has 2 aromatic carbocycles. The van der Waals surface area contributed by atoms with Crippen LogP contribution in [0.15, 0.2) is 48.5 Å². The van der Waals surface area contributed by atoms with Gasteiger partial charge in [0.25, 0.3) is 0 Å². The number of nitrogens with zero attached hydrogens (tertiary/aromatic N) is 1. The van der Waals surface area contributed by atoms with Gasteiger partial charge in [-0.2, -0.15) is 0 Å². The minimum Gasteiger partial charge on any atom is -0.497 e. The first-order valence-electron chi connectivity index (χ1n) is 7.29. The number of methoxy groups -OCH3 is 2. The number of carbonyl (C=O) groups excluding carboxylic acids is 2. The van der Waals surface area contributed by atoms with Crippen LogP contribution in [-0.4, -0.2) is 26.0 Å². The Bertz CT molecular complexity index is 722. The van der Waals surface area contributed by atoms with E-state index in [9.17, 15) is 9.59 Å². The van der Waals surface area contributed by atoms with Crippen molar-refractivity contribution in [3.63, 3.8) is 0 Å². The van der Waals surface area contributed by atoms with Gasteiger partial charge in [0.15, 0.2) is 0 Å². The number of hydrogen-bond donors (Lipinski definition) is 0. The Hall–Kier alpha value is -2.82. The van der Waals surface area contributed by atoms with E-state index in [4.69, 9.17) is 9.47 Å². The smallest absolute Gasteiger partial charge is 0.241 e. The van der Waals surface area contributed by atoms with Crippen LogP contribution in [0.1, 0.15) is 17.9 Å². The van der Waals surface area contributed by atoms with Crippen molar-refractivity contribution in [2.75, 3.05) is 19.1 Å². The van der Waals surface area contributed by atoms with Crippen LogP contribution < -0.4 is 14.4 Å². The van der Waals surface area contributed by atoms with Gasteiger partial charge in [-0.15, -0.1) is 0 Å². The van der Waals surface area contributed by atoms with Gasteiger partial charge in [0, 0.05) is 6.42 Å². The number of imide groups is 1. The lowest BCUT2D eigenvalue weighted by atomic mass is 9.97. The maximum atomic E-state index is 12.7. The van der Waals surface area contributed by atoms with Gasteiger partial charge < -0.3 is 9.47 Å². The number of rotatable bonds is 4. The van der Waals surface area contributed by atoms with Crippen LogP contribution >= 0.6 is 0 Å². The van der Waals surface area contributed by atoms with Gasteiger partial charge >= 0.3 is 0 Å². The molecule has 0 unspecified atom stereocenters. The van der Waals surface area contributed by atoms with E-state index in [-0.39, 0.29) is 18.2 Å². The lowest BCUT2D eigenvalue weighted by Gasteiger charge is -2.15. The third-order valence-electron chi connectivity index (χ3n) is 4.00. The molecule has 0 radical (unpaired) electrons. The molecule has 2 amide bonds. The van der Waals surface area contributed by atoms with Gasteiger partial charge in [-0.25, -0.2) is 0 Å². The van der Waals surface area contributed by atoms with Gasteiger partial charge in [-0.3, -0.25) is 14.5 Å². The zero-order valence-electron chi connectivity index (χ0n) is 13.0. The van der Waals surface area contributed by atoms with Gasteiger partial charge in [-0.1, -0.05) is 12.1 Å². The first kappa shape index (κ1) is 15.1. The van der Waals surface area contributed by atoms with E-state index in [0.29, 0.717) is 11.4 Å². The maximum Gasteiger partial charge on any atom is 0.241 e. The molecule has 1 saturated heterocycles.